The van der Waals surface area contributed by atoms with Crippen LogP contribution in [0.1, 0.15) is 144 Å². The Kier molecular flexibility index (Phi) is 14.0. The summed E-state index contributed by atoms with van der Waals surface area (Å²) in [5.41, 5.74) is 0.161. The third kappa shape index (κ3) is 15.0. The molecule has 1 rings (SSSR count). The van der Waals surface area contributed by atoms with Crippen LogP contribution in [0.25, 0.3) is 0 Å². The van der Waals surface area contributed by atoms with E-state index < -0.39 is 0 Å². The highest BCUT2D eigenvalue weighted by atomic mass is 16.5. The topological polar surface area (TPSA) is 21.3 Å². The van der Waals surface area contributed by atoms with Crippen molar-refractivity contribution in [2.75, 3.05) is 6.61 Å². The minimum Gasteiger partial charge on any atom is -0.498 e. The van der Waals surface area contributed by atoms with Crippen LogP contribution in [0.2, 0.25) is 0 Å². The summed E-state index contributed by atoms with van der Waals surface area (Å²) >= 11 is 0. The lowest BCUT2D eigenvalue weighted by Crippen LogP contribution is -2.54. The molecule has 0 radical (unpaired) electrons. The molecule has 0 saturated heterocycles. The van der Waals surface area contributed by atoms with Crippen molar-refractivity contribution >= 4 is 0 Å². The molecule has 0 aliphatic carbocycles. The van der Waals surface area contributed by atoms with E-state index in [0.29, 0.717) is 0 Å². The van der Waals surface area contributed by atoms with Crippen molar-refractivity contribution in [1.29, 1.82) is 0 Å². The van der Waals surface area contributed by atoms with Crippen molar-refractivity contribution in [1.82, 2.24) is 5.32 Å². The number of nitrogens with one attached hydrogen (secondary N) is 1. The zero-order valence-corrected chi connectivity index (χ0v) is 20.7. The summed E-state index contributed by atoms with van der Waals surface area (Å²) < 4.78 is 6.09. The van der Waals surface area contributed by atoms with E-state index in [-0.39, 0.29) is 11.1 Å². The Morgan fingerprint density at radius 2 is 1.10 bits per heavy atom. The molecular weight excluding hydrogens is 354 g/mol. The maximum Gasteiger partial charge on any atom is 0.0956 e. The van der Waals surface area contributed by atoms with E-state index in [2.05, 4.69) is 46.0 Å². The summed E-state index contributed by atoms with van der Waals surface area (Å²) in [5.74, 6) is 1.18. The molecule has 0 saturated carbocycles. The molecule has 172 valence electrons. The van der Waals surface area contributed by atoms with Gasteiger partial charge < -0.3 is 10.1 Å². The van der Waals surface area contributed by atoms with Crippen LogP contribution < -0.4 is 5.32 Å². The summed E-state index contributed by atoms with van der Waals surface area (Å²) in [6.45, 7) is 12.2. The first-order valence-electron chi connectivity index (χ1n) is 13.0. The molecule has 0 amide bonds. The van der Waals surface area contributed by atoms with Gasteiger partial charge in [0.1, 0.15) is 0 Å². The maximum atomic E-state index is 6.09. The zero-order chi connectivity index (χ0) is 21.4. The van der Waals surface area contributed by atoms with Gasteiger partial charge in [-0.1, -0.05) is 103 Å². The quantitative estimate of drug-likeness (QED) is 0.229. The van der Waals surface area contributed by atoms with Gasteiger partial charge in [-0.15, -0.1) is 0 Å². The van der Waals surface area contributed by atoms with E-state index >= 15 is 0 Å². The highest BCUT2D eigenvalue weighted by Crippen LogP contribution is 2.28. The fourth-order valence-corrected chi connectivity index (χ4v) is 4.79. The lowest BCUT2D eigenvalue weighted by molar-refractivity contribution is 0.150. The predicted octanol–water partition coefficient (Wildman–Crippen LogP) is 8.70. The smallest absolute Gasteiger partial charge is 0.0956 e. The van der Waals surface area contributed by atoms with Crippen LogP contribution in [0.3, 0.4) is 0 Å². The standard InChI is InChI=1S/C27H53NO/c1-6-7-8-9-10-11-12-13-14-15-16-17-18-19-20-21-22-29-25-23-26(2,3)28-27(4,5)24-25/h23,28H,6-22,24H2,1-5H3. The van der Waals surface area contributed by atoms with Crippen LogP contribution in [0, 0.1) is 0 Å². The normalized spacial score (nSPS) is 17.9. The third-order valence-electron chi connectivity index (χ3n) is 6.08. The molecule has 1 heterocycles. The Morgan fingerprint density at radius 1 is 0.690 bits per heavy atom. The van der Waals surface area contributed by atoms with E-state index in [9.17, 15) is 0 Å². The van der Waals surface area contributed by atoms with Crippen molar-refractivity contribution < 1.29 is 4.74 Å². The molecule has 0 aromatic heterocycles. The van der Waals surface area contributed by atoms with Gasteiger partial charge in [0.25, 0.3) is 0 Å². The van der Waals surface area contributed by atoms with Gasteiger partial charge in [0.15, 0.2) is 0 Å². The second-order valence-corrected chi connectivity index (χ2v) is 10.7. The molecular formula is C27H53NO. The average Bonchev–Trinajstić information content (AvgIpc) is 2.61. The molecule has 0 aromatic rings. The van der Waals surface area contributed by atoms with Gasteiger partial charge in [-0.3, -0.25) is 0 Å². The monoisotopic (exact) mass is 407 g/mol. The molecule has 0 bridgehead atoms. The van der Waals surface area contributed by atoms with Crippen molar-refractivity contribution in [3.8, 4) is 0 Å². The molecule has 0 fully saturated rings. The first-order chi connectivity index (χ1) is 13.8. The molecule has 2 nitrogen and oxygen atoms in total. The van der Waals surface area contributed by atoms with Gasteiger partial charge in [-0.25, -0.2) is 0 Å². The van der Waals surface area contributed by atoms with Crippen LogP contribution in [0.15, 0.2) is 11.8 Å². The lowest BCUT2D eigenvalue weighted by Gasteiger charge is -2.40. The van der Waals surface area contributed by atoms with Crippen molar-refractivity contribution in [2.45, 2.75) is 155 Å². The van der Waals surface area contributed by atoms with Crippen LogP contribution >= 0.6 is 0 Å². The number of hydrogen-bond donors (Lipinski definition) is 1. The Balaban J connectivity index is 1.84. The minimum absolute atomic E-state index is 0.0334. The third-order valence-corrected chi connectivity index (χ3v) is 6.08. The maximum absolute atomic E-state index is 6.09. The SMILES string of the molecule is CCCCCCCCCCCCCCCCCCOC1=CC(C)(C)NC(C)(C)C1. The fraction of sp³-hybridized carbons (Fsp3) is 0.926. The van der Waals surface area contributed by atoms with Crippen LogP contribution in [0.5, 0.6) is 0 Å². The van der Waals surface area contributed by atoms with Crippen LogP contribution in [0.4, 0.5) is 0 Å². The first kappa shape index (κ1) is 26.5. The van der Waals surface area contributed by atoms with Gasteiger partial charge in [0.2, 0.25) is 0 Å². The zero-order valence-electron chi connectivity index (χ0n) is 20.7. The fourth-order valence-electron chi connectivity index (χ4n) is 4.79. The molecule has 1 aliphatic rings. The number of ether oxygens (including phenoxy) is 1. The average molecular weight is 408 g/mol. The van der Waals surface area contributed by atoms with Gasteiger partial charge in [-0.2, -0.15) is 0 Å². The lowest BCUT2D eigenvalue weighted by atomic mass is 9.87. The molecule has 0 atom stereocenters. The Hall–Kier alpha value is -0.500. The molecule has 1 aliphatic heterocycles. The predicted molar refractivity (Wildman–Crippen MR) is 129 cm³/mol. The van der Waals surface area contributed by atoms with E-state index in [1.54, 1.807) is 0 Å². The number of hydrogen-bond acceptors (Lipinski definition) is 2. The van der Waals surface area contributed by atoms with Crippen molar-refractivity contribution in [2.24, 2.45) is 0 Å². The van der Waals surface area contributed by atoms with E-state index in [0.717, 1.165) is 13.0 Å². The van der Waals surface area contributed by atoms with Crippen LogP contribution in [-0.4, -0.2) is 17.7 Å². The summed E-state index contributed by atoms with van der Waals surface area (Å²) in [6, 6.07) is 0. The molecule has 0 spiro atoms. The second kappa shape index (κ2) is 15.3. The Labute approximate surface area is 183 Å². The number of rotatable bonds is 18. The Morgan fingerprint density at radius 3 is 1.52 bits per heavy atom. The summed E-state index contributed by atoms with van der Waals surface area (Å²) in [5, 5.41) is 3.66. The highest BCUT2D eigenvalue weighted by Gasteiger charge is 2.32. The molecule has 2 heteroatoms. The van der Waals surface area contributed by atoms with Crippen LogP contribution in [-0.2, 0) is 4.74 Å². The van der Waals surface area contributed by atoms with Gasteiger partial charge >= 0.3 is 0 Å². The van der Waals surface area contributed by atoms with Crippen molar-refractivity contribution in [3.05, 3.63) is 11.8 Å². The second-order valence-electron chi connectivity index (χ2n) is 10.7. The van der Waals surface area contributed by atoms with E-state index in [1.807, 2.05) is 0 Å². The molecule has 0 aromatic carbocycles. The van der Waals surface area contributed by atoms with E-state index in [4.69, 9.17) is 4.74 Å². The van der Waals surface area contributed by atoms with E-state index in [1.165, 1.54) is 108 Å². The van der Waals surface area contributed by atoms with Gasteiger partial charge in [0, 0.05) is 17.5 Å². The first-order valence-corrected chi connectivity index (χ1v) is 13.0. The minimum atomic E-state index is 0.0334. The van der Waals surface area contributed by atoms with Gasteiger partial charge in [0.05, 0.1) is 12.4 Å². The summed E-state index contributed by atoms with van der Waals surface area (Å²) in [6.07, 6.45) is 25.9. The summed E-state index contributed by atoms with van der Waals surface area (Å²) in [7, 11) is 0. The molecule has 0 unspecified atom stereocenters. The Bertz CT molecular complexity index is 424. The molecule has 29 heavy (non-hydrogen) atoms. The summed E-state index contributed by atoms with van der Waals surface area (Å²) in [4.78, 5) is 0. The number of unbranched alkanes of at least 4 members (excludes halogenated alkanes) is 15. The largest absolute Gasteiger partial charge is 0.498 e. The molecule has 1 N–H and O–H groups in total. The van der Waals surface area contributed by atoms with Crippen molar-refractivity contribution in [3.63, 3.8) is 0 Å². The van der Waals surface area contributed by atoms with Gasteiger partial charge in [-0.05, 0) is 40.2 Å². The highest BCUT2D eigenvalue weighted by molar-refractivity contribution is 5.16.